The Morgan fingerprint density at radius 3 is 2.58 bits per heavy atom. The maximum absolute atomic E-state index is 10.7. The van der Waals surface area contributed by atoms with E-state index >= 15 is 0 Å². The van der Waals surface area contributed by atoms with Crippen molar-refractivity contribution in [3.63, 3.8) is 0 Å². The molecule has 1 aromatic rings. The van der Waals surface area contributed by atoms with Crippen LogP contribution in [0.1, 0.15) is 31.7 Å². The molecule has 0 spiro atoms. The van der Waals surface area contributed by atoms with E-state index in [1.54, 1.807) is 21.1 Å². The Morgan fingerprint density at radius 2 is 2.00 bits per heavy atom. The van der Waals surface area contributed by atoms with Gasteiger partial charge in [-0.05, 0) is 43.0 Å². The van der Waals surface area contributed by atoms with Gasteiger partial charge in [-0.2, -0.15) is 0 Å². The number of unbranched alkanes of at least 4 members (excludes halogenated alkanes) is 1. The largest absolute Gasteiger partial charge is 0.497 e. The lowest BCUT2D eigenvalue weighted by Gasteiger charge is -2.11. The lowest BCUT2D eigenvalue weighted by molar-refractivity contribution is -0.141. The van der Waals surface area contributed by atoms with Gasteiger partial charge in [0, 0.05) is 0 Å². The number of carboxylic acids is 1. The first-order valence-corrected chi connectivity index (χ1v) is 6.52. The average molecular weight is 266 g/mol. The van der Waals surface area contributed by atoms with Crippen molar-refractivity contribution in [2.24, 2.45) is 5.92 Å². The van der Waals surface area contributed by atoms with Gasteiger partial charge in [-0.15, -0.1) is 0 Å². The van der Waals surface area contributed by atoms with Crippen LogP contribution in [0.15, 0.2) is 18.2 Å². The number of hydrogen-bond acceptors (Lipinski definition) is 3. The molecule has 0 fully saturated rings. The Balaban J connectivity index is 2.50. The van der Waals surface area contributed by atoms with Crippen LogP contribution >= 0.6 is 0 Å². The topological polar surface area (TPSA) is 55.8 Å². The highest BCUT2D eigenvalue weighted by molar-refractivity contribution is 5.69. The third-order valence-corrected chi connectivity index (χ3v) is 3.24. The van der Waals surface area contributed by atoms with Crippen molar-refractivity contribution in [2.75, 3.05) is 14.2 Å². The van der Waals surface area contributed by atoms with Crippen LogP contribution in [0.5, 0.6) is 11.5 Å². The molecule has 0 heterocycles. The Bertz CT molecular complexity index is 415. The summed E-state index contributed by atoms with van der Waals surface area (Å²) in [6.45, 7) is 1.74. The van der Waals surface area contributed by atoms with Gasteiger partial charge >= 0.3 is 5.97 Å². The zero-order valence-corrected chi connectivity index (χ0v) is 11.8. The number of carboxylic acid groups (broad SMARTS) is 1. The fourth-order valence-corrected chi connectivity index (χ4v) is 1.97. The minimum atomic E-state index is -0.723. The second-order valence-electron chi connectivity index (χ2n) is 4.66. The Labute approximate surface area is 114 Å². The molecule has 0 saturated carbocycles. The quantitative estimate of drug-likeness (QED) is 0.734. The van der Waals surface area contributed by atoms with E-state index in [9.17, 15) is 4.79 Å². The van der Waals surface area contributed by atoms with Gasteiger partial charge in [0.15, 0.2) is 0 Å². The second kappa shape index (κ2) is 7.67. The van der Waals surface area contributed by atoms with Crippen molar-refractivity contribution in [1.82, 2.24) is 0 Å². The molecule has 4 nitrogen and oxygen atoms in total. The number of hydrogen-bond donors (Lipinski definition) is 1. The molecule has 1 aromatic carbocycles. The standard InChI is InChI=1S/C15H22O4/c1-11(15(16)17)6-4-5-7-12-10-13(18-2)8-9-14(12)19-3/h8-11H,4-7H2,1-3H3,(H,16,17). The lowest BCUT2D eigenvalue weighted by atomic mass is 10.0. The lowest BCUT2D eigenvalue weighted by Crippen LogP contribution is -2.09. The van der Waals surface area contributed by atoms with Gasteiger partial charge in [0.05, 0.1) is 20.1 Å². The van der Waals surface area contributed by atoms with E-state index in [-0.39, 0.29) is 5.92 Å². The van der Waals surface area contributed by atoms with E-state index in [0.717, 1.165) is 36.3 Å². The maximum Gasteiger partial charge on any atom is 0.306 e. The van der Waals surface area contributed by atoms with Crippen molar-refractivity contribution >= 4 is 5.97 Å². The fourth-order valence-electron chi connectivity index (χ4n) is 1.97. The summed E-state index contributed by atoms with van der Waals surface area (Å²) in [4.78, 5) is 10.7. The fraction of sp³-hybridized carbons (Fsp3) is 0.533. The normalized spacial score (nSPS) is 11.9. The average Bonchev–Trinajstić information content (AvgIpc) is 2.42. The van der Waals surface area contributed by atoms with Gasteiger partial charge in [-0.25, -0.2) is 0 Å². The van der Waals surface area contributed by atoms with Crippen LogP contribution in [-0.2, 0) is 11.2 Å². The molecule has 0 aliphatic rings. The summed E-state index contributed by atoms with van der Waals surface area (Å²) in [6.07, 6.45) is 3.42. The molecule has 1 rings (SSSR count). The molecule has 1 atom stereocenters. The van der Waals surface area contributed by atoms with Crippen molar-refractivity contribution in [1.29, 1.82) is 0 Å². The van der Waals surface area contributed by atoms with Gasteiger partial charge in [-0.1, -0.05) is 13.3 Å². The molecule has 1 N–H and O–H groups in total. The van der Waals surface area contributed by atoms with E-state index in [1.807, 2.05) is 18.2 Å². The van der Waals surface area contributed by atoms with Crippen LogP contribution < -0.4 is 9.47 Å². The second-order valence-corrected chi connectivity index (χ2v) is 4.66. The highest BCUT2D eigenvalue weighted by atomic mass is 16.5. The summed E-state index contributed by atoms with van der Waals surface area (Å²) in [5.41, 5.74) is 1.10. The molecule has 0 aromatic heterocycles. The molecule has 0 saturated heterocycles. The number of aliphatic carboxylic acids is 1. The molecule has 4 heteroatoms. The molecule has 0 radical (unpaired) electrons. The smallest absolute Gasteiger partial charge is 0.306 e. The molecule has 0 bridgehead atoms. The first-order chi connectivity index (χ1) is 9.08. The Hall–Kier alpha value is -1.71. The minimum Gasteiger partial charge on any atom is -0.497 e. The predicted octanol–water partition coefficient (Wildman–Crippen LogP) is 3.14. The van der Waals surface area contributed by atoms with E-state index in [0.29, 0.717) is 6.42 Å². The molecule has 106 valence electrons. The molecule has 1 unspecified atom stereocenters. The van der Waals surface area contributed by atoms with Gasteiger partial charge in [0.2, 0.25) is 0 Å². The van der Waals surface area contributed by atoms with E-state index in [4.69, 9.17) is 14.6 Å². The minimum absolute atomic E-state index is 0.271. The van der Waals surface area contributed by atoms with Gasteiger partial charge in [0.1, 0.15) is 11.5 Å². The number of benzene rings is 1. The van der Waals surface area contributed by atoms with Gasteiger partial charge < -0.3 is 14.6 Å². The molecular formula is C15H22O4. The number of aryl methyl sites for hydroxylation is 1. The molecular weight excluding hydrogens is 244 g/mol. The summed E-state index contributed by atoms with van der Waals surface area (Å²) >= 11 is 0. The number of methoxy groups -OCH3 is 2. The van der Waals surface area contributed by atoms with Crippen LogP contribution in [0.2, 0.25) is 0 Å². The summed E-state index contributed by atoms with van der Waals surface area (Å²) < 4.78 is 10.5. The third-order valence-electron chi connectivity index (χ3n) is 3.24. The van der Waals surface area contributed by atoms with Crippen LogP contribution in [0.25, 0.3) is 0 Å². The molecule has 0 amide bonds. The number of carbonyl (C=O) groups is 1. The van der Waals surface area contributed by atoms with E-state index < -0.39 is 5.97 Å². The van der Waals surface area contributed by atoms with Gasteiger partial charge in [-0.3, -0.25) is 4.79 Å². The predicted molar refractivity (Wildman–Crippen MR) is 73.9 cm³/mol. The molecule has 19 heavy (non-hydrogen) atoms. The molecule has 0 aliphatic carbocycles. The monoisotopic (exact) mass is 266 g/mol. The highest BCUT2D eigenvalue weighted by Crippen LogP contribution is 2.25. The van der Waals surface area contributed by atoms with Crippen molar-refractivity contribution in [2.45, 2.75) is 32.6 Å². The summed E-state index contributed by atoms with van der Waals surface area (Å²) in [5.74, 6) is 0.674. The van der Waals surface area contributed by atoms with Crippen molar-refractivity contribution in [3.8, 4) is 11.5 Å². The van der Waals surface area contributed by atoms with Crippen molar-refractivity contribution < 1.29 is 19.4 Å². The highest BCUT2D eigenvalue weighted by Gasteiger charge is 2.10. The summed E-state index contributed by atoms with van der Waals surface area (Å²) in [5, 5.41) is 8.81. The van der Waals surface area contributed by atoms with E-state index in [1.165, 1.54) is 0 Å². The SMILES string of the molecule is COc1ccc(OC)c(CCCCC(C)C(=O)O)c1. The zero-order chi connectivity index (χ0) is 14.3. The van der Waals surface area contributed by atoms with Crippen molar-refractivity contribution in [3.05, 3.63) is 23.8 Å². The summed E-state index contributed by atoms with van der Waals surface area (Å²) in [7, 11) is 3.29. The van der Waals surface area contributed by atoms with Crippen LogP contribution in [0.3, 0.4) is 0 Å². The van der Waals surface area contributed by atoms with Gasteiger partial charge in [0.25, 0.3) is 0 Å². The Morgan fingerprint density at radius 1 is 1.26 bits per heavy atom. The number of rotatable bonds is 8. The third kappa shape index (κ3) is 4.81. The molecule has 0 aliphatic heterocycles. The van der Waals surface area contributed by atoms with E-state index in [2.05, 4.69) is 0 Å². The maximum atomic E-state index is 10.7. The van der Waals surface area contributed by atoms with Crippen LogP contribution in [0, 0.1) is 5.92 Å². The number of ether oxygens (including phenoxy) is 2. The zero-order valence-electron chi connectivity index (χ0n) is 11.8. The Kier molecular flexibility index (Phi) is 6.19. The van der Waals surface area contributed by atoms with Crippen LogP contribution in [-0.4, -0.2) is 25.3 Å². The summed E-state index contributed by atoms with van der Waals surface area (Å²) in [6, 6.07) is 5.74. The first kappa shape index (κ1) is 15.3. The van der Waals surface area contributed by atoms with Crippen LogP contribution in [0.4, 0.5) is 0 Å². The first-order valence-electron chi connectivity index (χ1n) is 6.52.